The minimum Gasteiger partial charge on any atom is -0.339 e. The summed E-state index contributed by atoms with van der Waals surface area (Å²) in [5.41, 5.74) is 2.00. The molecule has 1 aliphatic rings. The van der Waals surface area contributed by atoms with Gasteiger partial charge in [-0.15, -0.1) is 24.8 Å². The van der Waals surface area contributed by atoms with Crippen molar-refractivity contribution in [3.8, 4) is 0 Å². The Kier molecular flexibility index (Phi) is 8.29. The van der Waals surface area contributed by atoms with Crippen molar-refractivity contribution in [3.63, 3.8) is 0 Å². The third-order valence-corrected chi connectivity index (χ3v) is 3.91. The van der Waals surface area contributed by atoms with Crippen LogP contribution in [0.3, 0.4) is 0 Å². The van der Waals surface area contributed by atoms with E-state index < -0.39 is 0 Å². The van der Waals surface area contributed by atoms with Gasteiger partial charge < -0.3 is 10.2 Å². The van der Waals surface area contributed by atoms with Crippen LogP contribution in [-0.2, 0) is 4.79 Å². The summed E-state index contributed by atoms with van der Waals surface area (Å²) in [5.74, 6) is 0.172. The Morgan fingerprint density at radius 3 is 2.62 bits per heavy atom. The molecule has 2 heterocycles. The number of hydrogen-bond donors (Lipinski definition) is 1. The number of likely N-dealkylation sites (N-methyl/N-ethyl adjacent to an activating group) is 1. The highest BCUT2D eigenvalue weighted by Gasteiger charge is 2.27. The van der Waals surface area contributed by atoms with Crippen molar-refractivity contribution in [3.05, 3.63) is 17.5 Å². The van der Waals surface area contributed by atoms with Gasteiger partial charge in [-0.25, -0.2) is 0 Å². The maximum Gasteiger partial charge on any atom is 0.247 e. The fourth-order valence-corrected chi connectivity index (χ4v) is 2.82. The third-order valence-electron chi connectivity index (χ3n) is 3.91. The SMILES string of the molecule is CNC1CCCN(C(=O)C(C)n2nc(C)cc2C)C1.Cl.Cl. The normalized spacial score (nSPS) is 19.4. The molecule has 122 valence electrons. The number of carbonyl (C=O) groups excluding carboxylic acids is 1. The van der Waals surface area contributed by atoms with Crippen molar-refractivity contribution in [2.75, 3.05) is 20.1 Å². The molecule has 1 aromatic rings. The summed E-state index contributed by atoms with van der Waals surface area (Å²) in [5, 5.41) is 7.69. The van der Waals surface area contributed by atoms with Crippen molar-refractivity contribution >= 4 is 30.7 Å². The van der Waals surface area contributed by atoms with Crippen LogP contribution in [-0.4, -0.2) is 46.8 Å². The van der Waals surface area contributed by atoms with Gasteiger partial charge in [-0.2, -0.15) is 5.10 Å². The van der Waals surface area contributed by atoms with E-state index in [1.807, 2.05) is 43.5 Å². The molecule has 0 spiro atoms. The number of halogens is 2. The first-order valence-corrected chi connectivity index (χ1v) is 7.01. The van der Waals surface area contributed by atoms with E-state index in [4.69, 9.17) is 0 Å². The Morgan fingerprint density at radius 2 is 2.10 bits per heavy atom. The van der Waals surface area contributed by atoms with Crippen LogP contribution in [0.2, 0.25) is 0 Å². The first-order valence-electron chi connectivity index (χ1n) is 7.01. The second-order valence-electron chi connectivity index (χ2n) is 5.46. The maximum absolute atomic E-state index is 12.6. The summed E-state index contributed by atoms with van der Waals surface area (Å²) >= 11 is 0. The second-order valence-corrected chi connectivity index (χ2v) is 5.46. The van der Waals surface area contributed by atoms with Gasteiger partial charge in [0.15, 0.2) is 0 Å². The van der Waals surface area contributed by atoms with E-state index in [0.29, 0.717) is 6.04 Å². The zero-order chi connectivity index (χ0) is 14.0. The van der Waals surface area contributed by atoms with Crippen molar-refractivity contribution in [2.24, 2.45) is 0 Å². The molecule has 0 aromatic carbocycles. The molecule has 5 nitrogen and oxygen atoms in total. The molecular formula is C14H26Cl2N4O. The Hall–Kier alpha value is -0.780. The lowest BCUT2D eigenvalue weighted by Crippen LogP contribution is -2.48. The molecule has 0 aliphatic carbocycles. The van der Waals surface area contributed by atoms with Crippen LogP contribution in [0.1, 0.15) is 37.2 Å². The third kappa shape index (κ3) is 4.59. The lowest BCUT2D eigenvalue weighted by Gasteiger charge is -2.34. The molecule has 1 aliphatic heterocycles. The van der Waals surface area contributed by atoms with Crippen LogP contribution >= 0.6 is 24.8 Å². The highest BCUT2D eigenvalue weighted by molar-refractivity contribution is 5.85. The lowest BCUT2D eigenvalue weighted by molar-refractivity contribution is -0.136. The van der Waals surface area contributed by atoms with Crippen molar-refractivity contribution in [2.45, 2.75) is 45.7 Å². The van der Waals surface area contributed by atoms with Gasteiger partial charge in [0, 0.05) is 24.8 Å². The van der Waals surface area contributed by atoms with Gasteiger partial charge in [0.25, 0.3) is 0 Å². The smallest absolute Gasteiger partial charge is 0.247 e. The monoisotopic (exact) mass is 336 g/mol. The Labute approximate surface area is 139 Å². The van der Waals surface area contributed by atoms with Crippen molar-refractivity contribution in [1.82, 2.24) is 20.0 Å². The topological polar surface area (TPSA) is 50.2 Å². The molecular weight excluding hydrogens is 311 g/mol. The summed E-state index contributed by atoms with van der Waals surface area (Å²) in [6.45, 7) is 7.55. The van der Waals surface area contributed by atoms with Gasteiger partial charge in [-0.05, 0) is 46.7 Å². The van der Waals surface area contributed by atoms with Crippen molar-refractivity contribution in [1.29, 1.82) is 0 Å². The van der Waals surface area contributed by atoms with E-state index >= 15 is 0 Å². The van der Waals surface area contributed by atoms with E-state index in [0.717, 1.165) is 37.3 Å². The summed E-state index contributed by atoms with van der Waals surface area (Å²) < 4.78 is 1.83. The number of likely N-dealkylation sites (tertiary alicyclic amines) is 1. The highest BCUT2D eigenvalue weighted by Crippen LogP contribution is 2.17. The van der Waals surface area contributed by atoms with Gasteiger partial charge in [-0.1, -0.05) is 0 Å². The van der Waals surface area contributed by atoms with E-state index in [2.05, 4.69) is 10.4 Å². The molecule has 1 N–H and O–H groups in total. The van der Waals surface area contributed by atoms with Crippen LogP contribution < -0.4 is 5.32 Å². The van der Waals surface area contributed by atoms with E-state index in [1.54, 1.807) is 0 Å². The Bertz CT molecular complexity index is 464. The number of rotatable bonds is 3. The summed E-state index contributed by atoms with van der Waals surface area (Å²) in [4.78, 5) is 14.5. The summed E-state index contributed by atoms with van der Waals surface area (Å²) in [6.07, 6.45) is 2.22. The molecule has 2 unspecified atom stereocenters. The Balaban J connectivity index is 0.00000200. The Morgan fingerprint density at radius 1 is 1.43 bits per heavy atom. The zero-order valence-electron chi connectivity index (χ0n) is 13.1. The van der Waals surface area contributed by atoms with Gasteiger partial charge >= 0.3 is 0 Å². The molecule has 0 saturated carbocycles. The number of piperidine rings is 1. The molecule has 2 atom stereocenters. The van der Waals surface area contributed by atoms with Crippen LogP contribution in [0.5, 0.6) is 0 Å². The minimum absolute atomic E-state index is 0. The number of carbonyl (C=O) groups is 1. The summed E-state index contributed by atoms with van der Waals surface area (Å²) in [6, 6.07) is 2.21. The molecule has 21 heavy (non-hydrogen) atoms. The predicted molar refractivity (Wildman–Crippen MR) is 89.6 cm³/mol. The number of nitrogens with zero attached hydrogens (tertiary/aromatic N) is 3. The first-order chi connectivity index (χ1) is 9.02. The fourth-order valence-electron chi connectivity index (χ4n) is 2.82. The van der Waals surface area contributed by atoms with Gasteiger partial charge in [0.05, 0.1) is 5.69 Å². The number of aromatic nitrogens is 2. The molecule has 1 amide bonds. The van der Waals surface area contributed by atoms with Crippen LogP contribution in [0, 0.1) is 13.8 Å². The highest BCUT2D eigenvalue weighted by atomic mass is 35.5. The maximum atomic E-state index is 12.6. The molecule has 1 saturated heterocycles. The predicted octanol–water partition coefficient (Wildman–Crippen LogP) is 2.11. The lowest BCUT2D eigenvalue weighted by atomic mass is 10.1. The molecule has 0 bridgehead atoms. The van der Waals surface area contributed by atoms with Crippen LogP contribution in [0.15, 0.2) is 6.07 Å². The molecule has 2 rings (SSSR count). The fraction of sp³-hybridized carbons (Fsp3) is 0.714. The number of aryl methyl sites for hydroxylation is 2. The van der Waals surface area contributed by atoms with E-state index in [9.17, 15) is 4.79 Å². The largest absolute Gasteiger partial charge is 0.339 e. The molecule has 1 fully saturated rings. The minimum atomic E-state index is -0.218. The van der Waals surface area contributed by atoms with Crippen molar-refractivity contribution < 1.29 is 4.79 Å². The number of hydrogen-bond acceptors (Lipinski definition) is 3. The summed E-state index contributed by atoms with van der Waals surface area (Å²) in [7, 11) is 1.96. The van der Waals surface area contributed by atoms with Gasteiger partial charge in [0.2, 0.25) is 5.91 Å². The second kappa shape index (κ2) is 8.61. The van der Waals surface area contributed by atoms with Crippen LogP contribution in [0.25, 0.3) is 0 Å². The quantitative estimate of drug-likeness (QED) is 0.919. The molecule has 7 heteroatoms. The number of amides is 1. The number of nitrogens with one attached hydrogen (secondary N) is 1. The standard InChI is InChI=1S/C14H24N4O.2ClH/c1-10-8-11(2)18(16-10)12(3)14(19)17-7-5-6-13(9-17)15-4;;/h8,12-13,15H,5-7,9H2,1-4H3;2*1H. The van der Waals surface area contributed by atoms with E-state index in [-0.39, 0.29) is 36.8 Å². The molecule has 0 radical (unpaired) electrons. The molecule has 1 aromatic heterocycles. The first kappa shape index (κ1) is 20.2. The zero-order valence-corrected chi connectivity index (χ0v) is 14.8. The van der Waals surface area contributed by atoms with Gasteiger partial charge in [0.1, 0.15) is 6.04 Å². The van der Waals surface area contributed by atoms with E-state index in [1.165, 1.54) is 0 Å². The average Bonchev–Trinajstić information content (AvgIpc) is 2.76. The average molecular weight is 337 g/mol. The van der Waals surface area contributed by atoms with Gasteiger partial charge in [-0.3, -0.25) is 9.48 Å². The van der Waals surface area contributed by atoms with Crippen LogP contribution in [0.4, 0.5) is 0 Å².